The molecule has 0 spiro atoms. The minimum atomic E-state index is -0.150. The van der Waals surface area contributed by atoms with E-state index in [0.717, 1.165) is 24.2 Å². The Morgan fingerprint density at radius 3 is 2.90 bits per heavy atom. The molecular weight excluding hydrogens is 252 g/mol. The third-order valence-corrected chi connectivity index (χ3v) is 3.75. The molecule has 1 atom stereocenters. The molecule has 2 aromatic rings. The number of furan rings is 1. The van der Waals surface area contributed by atoms with Crippen LogP contribution in [0.1, 0.15) is 46.9 Å². The van der Waals surface area contributed by atoms with E-state index in [-0.39, 0.29) is 11.9 Å². The molecule has 0 aliphatic carbocycles. The van der Waals surface area contributed by atoms with Gasteiger partial charge in [-0.25, -0.2) is 0 Å². The molecular formula is C17H18O3. The van der Waals surface area contributed by atoms with Crippen molar-refractivity contribution in [3.05, 3.63) is 59.0 Å². The van der Waals surface area contributed by atoms with Crippen LogP contribution in [0.2, 0.25) is 0 Å². The van der Waals surface area contributed by atoms with Crippen molar-refractivity contribution in [1.29, 1.82) is 0 Å². The number of benzene rings is 1. The molecule has 0 saturated heterocycles. The van der Waals surface area contributed by atoms with Crippen LogP contribution in [0, 0.1) is 0 Å². The lowest BCUT2D eigenvalue weighted by molar-refractivity contribution is 0.0343. The van der Waals surface area contributed by atoms with Gasteiger partial charge in [-0.1, -0.05) is 31.2 Å². The second-order valence-electron chi connectivity index (χ2n) is 5.06. The molecule has 1 aromatic heterocycles. The lowest BCUT2D eigenvalue weighted by Crippen LogP contribution is -2.19. The lowest BCUT2D eigenvalue weighted by atomic mass is 9.94. The van der Waals surface area contributed by atoms with Crippen LogP contribution in [-0.4, -0.2) is 12.4 Å². The summed E-state index contributed by atoms with van der Waals surface area (Å²) in [5.41, 5.74) is 2.42. The third kappa shape index (κ3) is 2.54. The van der Waals surface area contributed by atoms with Crippen molar-refractivity contribution in [3.8, 4) is 0 Å². The van der Waals surface area contributed by atoms with Gasteiger partial charge in [0.15, 0.2) is 5.76 Å². The number of carbonyl (C=O) groups excluding carboxylic acids is 1. The molecule has 2 heterocycles. The Morgan fingerprint density at radius 2 is 2.10 bits per heavy atom. The van der Waals surface area contributed by atoms with Crippen molar-refractivity contribution in [3.63, 3.8) is 0 Å². The van der Waals surface area contributed by atoms with E-state index < -0.39 is 0 Å². The quantitative estimate of drug-likeness (QED) is 0.795. The lowest BCUT2D eigenvalue weighted by Gasteiger charge is -2.25. The van der Waals surface area contributed by atoms with Gasteiger partial charge < -0.3 is 9.15 Å². The Bertz CT molecular complexity index is 612. The average Bonchev–Trinajstić information content (AvgIpc) is 2.97. The highest BCUT2D eigenvalue weighted by Gasteiger charge is 2.24. The Balaban J connectivity index is 1.77. The normalized spacial score (nSPS) is 17.8. The van der Waals surface area contributed by atoms with E-state index in [2.05, 4.69) is 6.07 Å². The zero-order valence-corrected chi connectivity index (χ0v) is 11.6. The maximum atomic E-state index is 12.3. The fraction of sp³-hybridized carbons (Fsp3) is 0.353. The molecule has 3 rings (SSSR count). The first kappa shape index (κ1) is 13.1. The van der Waals surface area contributed by atoms with Gasteiger partial charge in [0, 0.05) is 12.8 Å². The Labute approximate surface area is 118 Å². The summed E-state index contributed by atoms with van der Waals surface area (Å²) in [6, 6.07) is 11.8. The van der Waals surface area contributed by atoms with Gasteiger partial charge in [-0.3, -0.25) is 4.79 Å². The second kappa shape index (κ2) is 5.63. The minimum Gasteiger partial charge on any atom is -0.458 e. The summed E-state index contributed by atoms with van der Waals surface area (Å²) in [6.45, 7) is 2.68. The van der Waals surface area contributed by atoms with E-state index in [9.17, 15) is 4.79 Å². The van der Waals surface area contributed by atoms with Gasteiger partial charge >= 0.3 is 0 Å². The van der Waals surface area contributed by atoms with Crippen molar-refractivity contribution in [2.45, 2.75) is 32.3 Å². The van der Waals surface area contributed by atoms with Gasteiger partial charge in [0.05, 0.1) is 12.7 Å². The minimum absolute atomic E-state index is 0.00593. The highest BCUT2D eigenvalue weighted by Crippen LogP contribution is 2.30. The highest BCUT2D eigenvalue weighted by atomic mass is 16.5. The maximum absolute atomic E-state index is 12.3. The molecule has 20 heavy (non-hydrogen) atoms. The summed E-state index contributed by atoms with van der Waals surface area (Å²) in [6.07, 6.45) is 1.91. The van der Waals surface area contributed by atoms with E-state index in [0.29, 0.717) is 18.8 Å². The third-order valence-electron chi connectivity index (χ3n) is 3.75. The highest BCUT2D eigenvalue weighted by molar-refractivity contribution is 5.93. The summed E-state index contributed by atoms with van der Waals surface area (Å²) in [5.74, 6) is 1.29. The number of ether oxygens (including phenoxy) is 1. The largest absolute Gasteiger partial charge is 0.458 e. The fourth-order valence-electron chi connectivity index (χ4n) is 2.63. The first-order valence-corrected chi connectivity index (χ1v) is 7.09. The van der Waals surface area contributed by atoms with Crippen molar-refractivity contribution < 1.29 is 13.9 Å². The smallest absolute Gasteiger partial charge is 0.200 e. The van der Waals surface area contributed by atoms with Crippen LogP contribution in [0.15, 0.2) is 40.8 Å². The van der Waals surface area contributed by atoms with E-state index in [1.165, 1.54) is 5.56 Å². The van der Waals surface area contributed by atoms with Gasteiger partial charge in [-0.15, -0.1) is 0 Å². The van der Waals surface area contributed by atoms with Crippen LogP contribution in [0.4, 0.5) is 0 Å². The van der Waals surface area contributed by atoms with Gasteiger partial charge in [-0.05, 0) is 29.7 Å². The summed E-state index contributed by atoms with van der Waals surface area (Å²) >= 11 is 0. The monoisotopic (exact) mass is 270 g/mol. The number of hydrogen-bond donors (Lipinski definition) is 0. The molecule has 0 N–H and O–H groups in total. The number of hydrogen-bond acceptors (Lipinski definition) is 3. The van der Waals surface area contributed by atoms with Crippen LogP contribution in [0.5, 0.6) is 0 Å². The van der Waals surface area contributed by atoms with Gasteiger partial charge in [0.2, 0.25) is 5.78 Å². The Kier molecular flexibility index (Phi) is 3.70. The summed E-state index contributed by atoms with van der Waals surface area (Å²) in [5, 5.41) is 0. The van der Waals surface area contributed by atoms with Gasteiger partial charge in [0.1, 0.15) is 5.76 Å². The van der Waals surface area contributed by atoms with Crippen LogP contribution in [-0.2, 0) is 17.6 Å². The predicted octanol–water partition coefficient (Wildman–Crippen LogP) is 3.73. The van der Waals surface area contributed by atoms with Gasteiger partial charge in [0.25, 0.3) is 0 Å². The molecule has 1 unspecified atom stereocenters. The number of fused-ring (bicyclic) bond motifs is 1. The molecule has 0 saturated carbocycles. The summed E-state index contributed by atoms with van der Waals surface area (Å²) in [4.78, 5) is 12.3. The predicted molar refractivity (Wildman–Crippen MR) is 75.9 cm³/mol. The van der Waals surface area contributed by atoms with Crippen molar-refractivity contribution in [2.24, 2.45) is 0 Å². The SMILES string of the molecule is CCc1ccc(C(=O)CC2OCCc3ccccc32)o1. The molecule has 1 aromatic carbocycles. The first-order valence-electron chi connectivity index (χ1n) is 7.09. The number of Topliss-reactive ketones (excluding diaryl/α,β-unsaturated/α-hetero) is 1. The molecule has 3 heteroatoms. The summed E-state index contributed by atoms with van der Waals surface area (Å²) < 4.78 is 11.3. The summed E-state index contributed by atoms with van der Waals surface area (Å²) in [7, 11) is 0. The number of ketones is 1. The molecule has 1 aliphatic rings. The molecule has 3 nitrogen and oxygen atoms in total. The van der Waals surface area contributed by atoms with E-state index in [1.807, 2.05) is 31.2 Å². The van der Waals surface area contributed by atoms with Crippen molar-refractivity contribution >= 4 is 5.78 Å². The molecule has 0 radical (unpaired) electrons. The van der Waals surface area contributed by atoms with Crippen LogP contribution in [0.25, 0.3) is 0 Å². The van der Waals surface area contributed by atoms with Crippen LogP contribution >= 0.6 is 0 Å². The van der Waals surface area contributed by atoms with E-state index in [1.54, 1.807) is 6.07 Å². The van der Waals surface area contributed by atoms with Crippen LogP contribution in [0.3, 0.4) is 0 Å². The zero-order chi connectivity index (χ0) is 13.9. The molecule has 0 bridgehead atoms. The molecule has 0 amide bonds. The number of carbonyl (C=O) groups is 1. The second-order valence-corrected chi connectivity index (χ2v) is 5.06. The van der Waals surface area contributed by atoms with Crippen molar-refractivity contribution in [1.82, 2.24) is 0 Å². The maximum Gasteiger partial charge on any atom is 0.200 e. The van der Waals surface area contributed by atoms with E-state index in [4.69, 9.17) is 9.15 Å². The topological polar surface area (TPSA) is 39.4 Å². The Morgan fingerprint density at radius 1 is 1.25 bits per heavy atom. The standard InChI is InChI=1S/C17H18O3/c1-2-13-7-8-16(20-13)15(18)11-17-14-6-4-3-5-12(14)9-10-19-17/h3-8,17H,2,9-11H2,1H3. The zero-order valence-electron chi connectivity index (χ0n) is 11.6. The van der Waals surface area contributed by atoms with E-state index >= 15 is 0 Å². The first-order chi connectivity index (χ1) is 9.78. The van der Waals surface area contributed by atoms with Crippen LogP contribution < -0.4 is 0 Å². The van der Waals surface area contributed by atoms with Crippen molar-refractivity contribution in [2.75, 3.05) is 6.61 Å². The Hall–Kier alpha value is -1.87. The molecule has 104 valence electrons. The fourth-order valence-corrected chi connectivity index (χ4v) is 2.63. The molecule has 1 aliphatic heterocycles. The number of aryl methyl sites for hydroxylation is 1. The molecule has 0 fully saturated rings. The number of rotatable bonds is 4. The van der Waals surface area contributed by atoms with Gasteiger partial charge in [-0.2, -0.15) is 0 Å². The average molecular weight is 270 g/mol.